The Kier molecular flexibility index (Phi) is 6.54. The Labute approximate surface area is 202 Å². The van der Waals surface area contributed by atoms with Crippen molar-refractivity contribution in [3.63, 3.8) is 0 Å². The highest BCUT2D eigenvalue weighted by Gasteiger charge is 2.28. The minimum absolute atomic E-state index is 0.0722. The molecule has 10 nitrogen and oxygen atoms in total. The minimum Gasteiger partial charge on any atom is -0.379 e. The Balaban J connectivity index is 1.45. The number of aromatic nitrogens is 2. The Morgan fingerprint density at radius 1 is 1.03 bits per heavy atom. The molecule has 1 amide bonds. The monoisotopic (exact) mass is 497 g/mol. The zero-order valence-corrected chi connectivity index (χ0v) is 20.0. The fourth-order valence-corrected chi connectivity index (χ4v) is 6.03. The van der Waals surface area contributed by atoms with E-state index in [2.05, 4.69) is 20.4 Å². The summed E-state index contributed by atoms with van der Waals surface area (Å²) in [5.41, 5.74) is 1.36. The number of morpholine rings is 1. The molecule has 0 aliphatic carbocycles. The number of nitrogens with one attached hydrogen (secondary N) is 2. The van der Waals surface area contributed by atoms with Crippen molar-refractivity contribution < 1.29 is 17.9 Å². The van der Waals surface area contributed by atoms with E-state index in [9.17, 15) is 18.0 Å². The summed E-state index contributed by atoms with van der Waals surface area (Å²) in [6.07, 6.45) is 2.00. The van der Waals surface area contributed by atoms with Gasteiger partial charge in [-0.25, -0.2) is 13.5 Å². The van der Waals surface area contributed by atoms with E-state index in [1.807, 2.05) is 0 Å². The molecule has 11 heteroatoms. The molecule has 2 aliphatic rings. The Hall–Kier alpha value is -3.28. The molecule has 2 fully saturated rings. The summed E-state index contributed by atoms with van der Waals surface area (Å²) < 4.78 is 33.2. The number of carbonyl (C=O) groups excluding carboxylic acids is 1. The number of fused-ring (bicyclic) bond motifs is 1. The predicted molar refractivity (Wildman–Crippen MR) is 132 cm³/mol. The van der Waals surface area contributed by atoms with E-state index >= 15 is 0 Å². The van der Waals surface area contributed by atoms with Crippen molar-refractivity contribution in [2.45, 2.75) is 24.2 Å². The highest BCUT2D eigenvalue weighted by Crippen LogP contribution is 2.32. The van der Waals surface area contributed by atoms with E-state index < -0.39 is 10.0 Å². The number of anilines is 2. The third kappa shape index (κ3) is 4.79. The van der Waals surface area contributed by atoms with Crippen LogP contribution in [-0.4, -0.2) is 68.2 Å². The van der Waals surface area contributed by atoms with Crippen LogP contribution < -0.4 is 15.8 Å². The lowest BCUT2D eigenvalue weighted by Gasteiger charge is -2.27. The van der Waals surface area contributed by atoms with Crippen molar-refractivity contribution in [1.82, 2.24) is 14.5 Å². The zero-order chi connectivity index (χ0) is 24.4. The summed E-state index contributed by atoms with van der Waals surface area (Å²) in [7, 11) is -3.72. The molecule has 2 aromatic carbocycles. The standard InChI is InChI=1S/C24H27N5O5S/c30-23(16-20-18-5-1-2-6-19(18)24(31)27-26-20)25-21-15-17(7-8-22(21)28-9-3-4-10-28)35(32,33)29-11-13-34-14-12-29/h1-2,5-8,15H,3-4,9-14,16H2,(H,25,30)(H,27,31). The van der Waals surface area contributed by atoms with Gasteiger partial charge in [0.15, 0.2) is 0 Å². The fourth-order valence-electron chi connectivity index (χ4n) is 4.60. The number of sulfonamides is 1. The largest absolute Gasteiger partial charge is 0.379 e. The number of rotatable bonds is 6. The maximum atomic E-state index is 13.2. The molecular formula is C24H27N5O5S. The van der Waals surface area contributed by atoms with Gasteiger partial charge >= 0.3 is 0 Å². The van der Waals surface area contributed by atoms with E-state index in [0.29, 0.717) is 48.5 Å². The number of ether oxygens (including phenoxy) is 1. The lowest BCUT2D eigenvalue weighted by molar-refractivity contribution is -0.115. The molecule has 35 heavy (non-hydrogen) atoms. The molecule has 0 bridgehead atoms. The molecule has 0 radical (unpaired) electrons. The smallest absolute Gasteiger partial charge is 0.272 e. The van der Waals surface area contributed by atoms with Crippen molar-refractivity contribution in [1.29, 1.82) is 0 Å². The number of nitrogens with zero attached hydrogens (tertiary/aromatic N) is 3. The molecule has 0 spiro atoms. The van der Waals surface area contributed by atoms with Gasteiger partial charge in [-0.2, -0.15) is 9.40 Å². The molecule has 2 N–H and O–H groups in total. The molecular weight excluding hydrogens is 470 g/mol. The molecule has 184 valence electrons. The van der Waals surface area contributed by atoms with Gasteiger partial charge in [0.05, 0.1) is 47.0 Å². The molecule has 1 aromatic heterocycles. The first-order chi connectivity index (χ1) is 16.9. The van der Waals surface area contributed by atoms with Crippen molar-refractivity contribution >= 4 is 38.1 Å². The fraction of sp³-hybridized carbons (Fsp3) is 0.375. The van der Waals surface area contributed by atoms with E-state index in [-0.39, 0.29) is 22.8 Å². The van der Waals surface area contributed by atoms with E-state index in [0.717, 1.165) is 31.6 Å². The zero-order valence-electron chi connectivity index (χ0n) is 19.2. The van der Waals surface area contributed by atoms with Gasteiger partial charge in [-0.3, -0.25) is 9.59 Å². The molecule has 3 aromatic rings. The quantitative estimate of drug-likeness (QED) is 0.531. The molecule has 2 aliphatic heterocycles. The second-order valence-corrected chi connectivity index (χ2v) is 10.6. The molecule has 3 heterocycles. The van der Waals surface area contributed by atoms with Gasteiger partial charge in [-0.05, 0) is 37.1 Å². The van der Waals surface area contributed by atoms with Crippen LogP contribution in [-0.2, 0) is 26.0 Å². The van der Waals surface area contributed by atoms with Gasteiger partial charge in [-0.15, -0.1) is 0 Å². The minimum atomic E-state index is -3.72. The summed E-state index contributed by atoms with van der Waals surface area (Å²) in [5, 5.41) is 10.5. The number of carbonyl (C=O) groups is 1. The van der Waals surface area contributed by atoms with Gasteiger partial charge in [0.2, 0.25) is 15.9 Å². The maximum Gasteiger partial charge on any atom is 0.272 e. The topological polar surface area (TPSA) is 125 Å². The maximum absolute atomic E-state index is 13.2. The highest BCUT2D eigenvalue weighted by atomic mass is 32.2. The SMILES string of the molecule is O=C(Cc1n[nH]c(=O)c2ccccc12)Nc1cc(S(=O)(=O)N2CCOCC2)ccc1N1CCCC1. The van der Waals surface area contributed by atoms with Gasteiger partial charge in [0.1, 0.15) is 0 Å². The average Bonchev–Trinajstić information content (AvgIpc) is 3.41. The van der Waals surface area contributed by atoms with Crippen LogP contribution in [0.4, 0.5) is 11.4 Å². The number of hydrogen-bond donors (Lipinski definition) is 2. The van der Waals surface area contributed by atoms with Crippen molar-refractivity contribution in [2.75, 3.05) is 49.6 Å². The first-order valence-corrected chi connectivity index (χ1v) is 13.1. The van der Waals surface area contributed by atoms with E-state index in [1.165, 1.54) is 10.4 Å². The van der Waals surface area contributed by atoms with Crippen LogP contribution in [0.1, 0.15) is 18.5 Å². The third-order valence-corrected chi connectivity index (χ3v) is 8.29. The number of H-pyrrole nitrogens is 1. The summed E-state index contributed by atoms with van der Waals surface area (Å²) in [6.45, 7) is 2.98. The second-order valence-electron chi connectivity index (χ2n) is 8.66. The summed E-state index contributed by atoms with van der Waals surface area (Å²) in [5.74, 6) is -0.351. The Morgan fingerprint density at radius 3 is 2.49 bits per heavy atom. The Morgan fingerprint density at radius 2 is 1.74 bits per heavy atom. The summed E-state index contributed by atoms with van der Waals surface area (Å²) in [4.78, 5) is 27.4. The lowest BCUT2D eigenvalue weighted by atomic mass is 10.1. The van der Waals surface area contributed by atoms with Crippen LogP contribution in [0.2, 0.25) is 0 Å². The van der Waals surface area contributed by atoms with Crippen LogP contribution in [0.3, 0.4) is 0 Å². The molecule has 0 saturated carbocycles. The van der Waals surface area contributed by atoms with Crippen molar-refractivity contribution in [2.24, 2.45) is 0 Å². The van der Waals surface area contributed by atoms with Crippen LogP contribution in [0, 0.1) is 0 Å². The molecule has 0 unspecified atom stereocenters. The number of amides is 1. The van der Waals surface area contributed by atoms with Gasteiger partial charge in [0, 0.05) is 31.6 Å². The second kappa shape index (κ2) is 9.76. The van der Waals surface area contributed by atoms with E-state index in [4.69, 9.17) is 4.74 Å². The van der Waals surface area contributed by atoms with Crippen molar-refractivity contribution in [3.8, 4) is 0 Å². The van der Waals surface area contributed by atoms with Gasteiger partial charge < -0.3 is 15.0 Å². The van der Waals surface area contributed by atoms with Crippen LogP contribution in [0.25, 0.3) is 10.8 Å². The van der Waals surface area contributed by atoms with Gasteiger partial charge in [-0.1, -0.05) is 18.2 Å². The average molecular weight is 498 g/mol. The van der Waals surface area contributed by atoms with E-state index in [1.54, 1.807) is 36.4 Å². The van der Waals surface area contributed by atoms with Gasteiger partial charge in [0.25, 0.3) is 5.56 Å². The first-order valence-electron chi connectivity index (χ1n) is 11.7. The highest BCUT2D eigenvalue weighted by molar-refractivity contribution is 7.89. The Bertz CT molecular complexity index is 1410. The van der Waals surface area contributed by atoms with Crippen LogP contribution in [0.15, 0.2) is 52.2 Å². The molecule has 0 atom stereocenters. The summed E-state index contributed by atoms with van der Waals surface area (Å²) in [6, 6.07) is 11.9. The number of hydrogen-bond acceptors (Lipinski definition) is 7. The lowest BCUT2D eigenvalue weighted by Crippen LogP contribution is -2.40. The predicted octanol–water partition coefficient (Wildman–Crippen LogP) is 1.73. The molecule has 5 rings (SSSR count). The third-order valence-electron chi connectivity index (χ3n) is 6.40. The number of aromatic amines is 1. The normalized spacial score (nSPS) is 17.1. The van der Waals surface area contributed by atoms with Crippen LogP contribution >= 0.6 is 0 Å². The van der Waals surface area contributed by atoms with Crippen LogP contribution in [0.5, 0.6) is 0 Å². The first kappa shape index (κ1) is 23.5. The summed E-state index contributed by atoms with van der Waals surface area (Å²) >= 11 is 0. The number of benzene rings is 2. The van der Waals surface area contributed by atoms with Crippen molar-refractivity contribution in [3.05, 3.63) is 58.5 Å². The molecule has 2 saturated heterocycles.